The van der Waals surface area contributed by atoms with E-state index in [4.69, 9.17) is 5.14 Å². The Morgan fingerprint density at radius 3 is 2.33 bits per heavy atom. The molecule has 138 valence electrons. The Kier molecular flexibility index (Phi) is 7.14. The van der Waals surface area contributed by atoms with E-state index >= 15 is 0 Å². The van der Waals surface area contributed by atoms with Gasteiger partial charge in [0.2, 0.25) is 0 Å². The highest BCUT2D eigenvalue weighted by atomic mass is 79.9. The second kappa shape index (κ2) is 7.90. The van der Waals surface area contributed by atoms with Crippen molar-refractivity contribution in [3.63, 3.8) is 0 Å². The van der Waals surface area contributed by atoms with Gasteiger partial charge in [0.15, 0.2) is 6.10 Å². The van der Waals surface area contributed by atoms with Crippen LogP contribution in [0.3, 0.4) is 0 Å². The van der Waals surface area contributed by atoms with Crippen molar-refractivity contribution < 1.29 is 27.2 Å². The molecule has 3 nitrogen and oxygen atoms in total. The predicted octanol–water partition coefficient (Wildman–Crippen LogP) is 3.76. The van der Waals surface area contributed by atoms with Crippen LogP contribution in [0.1, 0.15) is 32.3 Å². The second-order valence-electron chi connectivity index (χ2n) is 6.42. The van der Waals surface area contributed by atoms with Crippen LogP contribution < -0.4 is 5.14 Å². The molecule has 24 heavy (non-hydrogen) atoms. The molecule has 1 unspecified atom stereocenters. The molecule has 0 saturated carbocycles. The normalized spacial score (nSPS) is 18.1. The minimum atomic E-state index is -4.88. The molecule has 1 aromatic rings. The topological polar surface area (TPSA) is 69.3 Å². The SMILES string of the molecule is CC(C)(C[C@@](CF)(C[C@H](O)C(F)(F)F)c1cccc(Br)c1)[S+](N)[O-]. The van der Waals surface area contributed by atoms with E-state index < -0.39 is 46.9 Å². The lowest BCUT2D eigenvalue weighted by molar-refractivity contribution is -0.210. The van der Waals surface area contributed by atoms with Crippen LogP contribution in [0.4, 0.5) is 17.6 Å². The number of alkyl halides is 4. The Labute approximate surface area is 150 Å². The monoisotopic (exact) mass is 433 g/mol. The molecule has 0 aliphatic carbocycles. The van der Waals surface area contributed by atoms with E-state index in [2.05, 4.69) is 15.9 Å². The van der Waals surface area contributed by atoms with Gasteiger partial charge in [-0.05, 0) is 38.0 Å². The maximum Gasteiger partial charge on any atom is 0.414 e. The number of hydrogen-bond acceptors (Lipinski definition) is 3. The van der Waals surface area contributed by atoms with Crippen molar-refractivity contribution in [3.8, 4) is 0 Å². The van der Waals surface area contributed by atoms with Gasteiger partial charge in [-0.1, -0.05) is 28.1 Å². The van der Waals surface area contributed by atoms with E-state index in [1.165, 1.54) is 26.0 Å². The van der Waals surface area contributed by atoms with Gasteiger partial charge in [0.1, 0.15) is 4.75 Å². The highest BCUT2D eigenvalue weighted by Crippen LogP contribution is 2.42. The minimum absolute atomic E-state index is 0.219. The molecule has 1 rings (SSSR count). The average Bonchev–Trinajstić information content (AvgIpc) is 2.44. The molecule has 0 aliphatic rings. The molecule has 0 aliphatic heterocycles. The van der Waals surface area contributed by atoms with Crippen LogP contribution in [0.15, 0.2) is 28.7 Å². The first-order valence-corrected chi connectivity index (χ1v) is 9.08. The van der Waals surface area contributed by atoms with E-state index in [0.29, 0.717) is 4.47 Å². The van der Waals surface area contributed by atoms with Crippen LogP contribution in [0.5, 0.6) is 0 Å². The smallest absolute Gasteiger partial charge is 0.414 e. The van der Waals surface area contributed by atoms with Crippen molar-refractivity contribution in [3.05, 3.63) is 34.3 Å². The van der Waals surface area contributed by atoms with Crippen LogP contribution >= 0.6 is 15.9 Å². The average molecular weight is 434 g/mol. The van der Waals surface area contributed by atoms with Crippen LogP contribution in [0.2, 0.25) is 0 Å². The Hall–Kier alpha value is -0.350. The molecular weight excluding hydrogens is 414 g/mol. The van der Waals surface area contributed by atoms with E-state index in [0.717, 1.165) is 0 Å². The molecule has 9 heteroatoms. The summed E-state index contributed by atoms with van der Waals surface area (Å²) in [7, 11) is 0. The summed E-state index contributed by atoms with van der Waals surface area (Å²) in [5.41, 5.74) is -1.39. The van der Waals surface area contributed by atoms with E-state index in [-0.39, 0.29) is 12.0 Å². The van der Waals surface area contributed by atoms with Gasteiger partial charge in [0, 0.05) is 27.7 Å². The molecular formula is C15H20BrF4NO2S. The van der Waals surface area contributed by atoms with Gasteiger partial charge in [0.25, 0.3) is 0 Å². The van der Waals surface area contributed by atoms with Gasteiger partial charge < -0.3 is 9.66 Å². The van der Waals surface area contributed by atoms with Gasteiger partial charge in [-0.2, -0.15) is 18.3 Å². The van der Waals surface area contributed by atoms with Gasteiger partial charge >= 0.3 is 6.18 Å². The maximum atomic E-state index is 14.0. The summed E-state index contributed by atoms with van der Waals surface area (Å²) in [4.78, 5) is 0. The third-order valence-corrected chi connectivity index (χ3v) is 5.69. The Balaban J connectivity index is 3.37. The molecule has 0 fully saturated rings. The highest BCUT2D eigenvalue weighted by Gasteiger charge is 2.49. The number of aliphatic hydroxyl groups excluding tert-OH is 1. The number of benzene rings is 1. The van der Waals surface area contributed by atoms with Gasteiger partial charge in [-0.15, -0.1) is 0 Å². The third kappa shape index (κ3) is 5.32. The summed E-state index contributed by atoms with van der Waals surface area (Å²) in [5.74, 6) is 0. The van der Waals surface area contributed by atoms with Gasteiger partial charge in [-0.25, -0.2) is 0 Å². The summed E-state index contributed by atoms with van der Waals surface area (Å²) < 4.78 is 63.7. The Morgan fingerprint density at radius 2 is 1.92 bits per heavy atom. The summed E-state index contributed by atoms with van der Waals surface area (Å²) in [5, 5.41) is 14.9. The van der Waals surface area contributed by atoms with Crippen LogP contribution in [0, 0.1) is 0 Å². The Morgan fingerprint density at radius 1 is 1.33 bits per heavy atom. The molecule has 0 radical (unpaired) electrons. The fraction of sp³-hybridized carbons (Fsp3) is 0.600. The fourth-order valence-electron chi connectivity index (χ4n) is 2.66. The van der Waals surface area contributed by atoms with Gasteiger partial charge in [0.05, 0.1) is 6.67 Å². The Bertz CT molecular complexity index is 557. The summed E-state index contributed by atoms with van der Waals surface area (Å²) in [6.07, 6.45) is -8.68. The number of nitrogens with two attached hydrogens (primary N) is 1. The summed E-state index contributed by atoms with van der Waals surface area (Å²) in [6, 6.07) is 6.20. The van der Waals surface area contributed by atoms with Crippen molar-refractivity contribution >= 4 is 27.3 Å². The largest absolute Gasteiger partial charge is 0.598 e. The molecule has 0 spiro atoms. The van der Waals surface area contributed by atoms with Crippen molar-refractivity contribution in [2.75, 3.05) is 6.67 Å². The number of hydrogen-bond donors (Lipinski definition) is 2. The van der Waals surface area contributed by atoms with Crippen LogP contribution in [0.25, 0.3) is 0 Å². The molecule has 0 heterocycles. The van der Waals surface area contributed by atoms with E-state index in [1.807, 2.05) is 0 Å². The molecule has 1 aromatic carbocycles. The number of aliphatic hydroxyl groups is 1. The first kappa shape index (κ1) is 21.7. The standard InChI is InChI=1S/C15H20BrF4NO2S/c1-13(2,24(21)23)8-14(9-17,7-12(22)15(18,19)20)10-4-3-5-11(16)6-10/h3-6,12,22H,7-9,21H2,1-2H3/t12-,14+,24?/m0/s1. The second-order valence-corrected chi connectivity index (χ2v) is 9.04. The van der Waals surface area contributed by atoms with Crippen LogP contribution in [-0.4, -0.2) is 33.4 Å². The van der Waals surface area contributed by atoms with Crippen molar-refractivity contribution in [1.29, 1.82) is 0 Å². The van der Waals surface area contributed by atoms with Gasteiger partial charge in [-0.3, -0.25) is 4.39 Å². The first-order valence-electron chi connectivity index (χ1n) is 7.07. The molecule has 0 aromatic heterocycles. The molecule has 3 N–H and O–H groups in total. The first-order chi connectivity index (χ1) is 10.8. The van der Waals surface area contributed by atoms with Crippen molar-refractivity contribution in [1.82, 2.24) is 0 Å². The molecule has 0 amide bonds. The lowest BCUT2D eigenvalue weighted by Gasteiger charge is -2.39. The molecule has 0 saturated heterocycles. The zero-order chi connectivity index (χ0) is 18.8. The maximum absolute atomic E-state index is 14.0. The van der Waals surface area contributed by atoms with Crippen molar-refractivity contribution in [2.24, 2.45) is 5.14 Å². The quantitative estimate of drug-likeness (QED) is 0.507. The predicted molar refractivity (Wildman–Crippen MR) is 89.5 cm³/mol. The number of halogens is 5. The molecule has 3 atom stereocenters. The summed E-state index contributed by atoms with van der Waals surface area (Å²) >= 11 is 1.33. The lowest BCUT2D eigenvalue weighted by Crippen LogP contribution is -2.48. The minimum Gasteiger partial charge on any atom is -0.598 e. The third-order valence-electron chi connectivity index (χ3n) is 3.96. The van der Waals surface area contributed by atoms with Crippen LogP contribution in [-0.2, 0) is 16.8 Å². The number of rotatable bonds is 7. The van der Waals surface area contributed by atoms with Crippen molar-refractivity contribution in [2.45, 2.75) is 49.1 Å². The zero-order valence-electron chi connectivity index (χ0n) is 13.2. The van der Waals surface area contributed by atoms with E-state index in [1.54, 1.807) is 12.1 Å². The fourth-order valence-corrected chi connectivity index (χ4v) is 3.48. The lowest BCUT2D eigenvalue weighted by atomic mass is 9.71. The van der Waals surface area contributed by atoms with E-state index in [9.17, 15) is 27.2 Å². The zero-order valence-corrected chi connectivity index (χ0v) is 15.6. The summed E-state index contributed by atoms with van der Waals surface area (Å²) in [6.45, 7) is 1.83. The highest BCUT2D eigenvalue weighted by molar-refractivity contribution is 9.10. The molecule has 0 bridgehead atoms.